The maximum Gasteiger partial charge on any atom is 0.0846 e. The minimum absolute atomic E-state index is 0.185. The molecule has 0 saturated heterocycles. The zero-order chi connectivity index (χ0) is 10.7. The van der Waals surface area contributed by atoms with Gasteiger partial charge in [0.25, 0.3) is 0 Å². The maximum absolute atomic E-state index is 5.96. The summed E-state index contributed by atoms with van der Waals surface area (Å²) < 4.78 is 1.65. The largest absolute Gasteiger partial charge is 0.322 e. The Hall–Kier alpha value is -1.82. The van der Waals surface area contributed by atoms with E-state index in [1.807, 2.05) is 13.2 Å². The average Bonchev–Trinajstić information content (AvgIpc) is 2.65. The predicted molar refractivity (Wildman–Crippen MR) is 53.7 cm³/mol. The molecule has 1 atom stereocenters. The third-order valence-electron chi connectivity index (χ3n) is 2.04. The molecule has 2 aromatic rings. The highest BCUT2D eigenvalue weighted by atomic mass is 15.4. The molecule has 6 nitrogen and oxygen atoms in total. The smallest absolute Gasteiger partial charge is 0.0846 e. The Kier molecular flexibility index (Phi) is 2.68. The van der Waals surface area contributed by atoms with E-state index in [4.69, 9.17) is 5.73 Å². The number of hydrogen-bond acceptors (Lipinski definition) is 5. The summed E-state index contributed by atoms with van der Waals surface area (Å²) in [4.78, 5) is 8.11. The summed E-state index contributed by atoms with van der Waals surface area (Å²) in [5.41, 5.74) is 7.58. The molecule has 0 fully saturated rings. The third kappa shape index (κ3) is 2.35. The summed E-state index contributed by atoms with van der Waals surface area (Å²) in [5, 5.41) is 7.80. The van der Waals surface area contributed by atoms with E-state index in [0.717, 1.165) is 11.4 Å². The lowest BCUT2D eigenvalue weighted by atomic mass is 10.1. The van der Waals surface area contributed by atoms with Gasteiger partial charge in [0.2, 0.25) is 0 Å². The molecule has 0 aliphatic heterocycles. The molecular formula is C9H12N6. The molecule has 2 rings (SSSR count). The van der Waals surface area contributed by atoms with Crippen LogP contribution in [-0.2, 0) is 13.5 Å². The Morgan fingerprint density at radius 2 is 2.33 bits per heavy atom. The van der Waals surface area contributed by atoms with E-state index in [-0.39, 0.29) is 6.04 Å². The minimum atomic E-state index is -0.185. The second kappa shape index (κ2) is 4.14. The molecule has 2 aromatic heterocycles. The van der Waals surface area contributed by atoms with Crippen LogP contribution in [0.3, 0.4) is 0 Å². The number of hydrogen-bond donors (Lipinski definition) is 1. The van der Waals surface area contributed by atoms with Crippen LogP contribution in [0.5, 0.6) is 0 Å². The van der Waals surface area contributed by atoms with Gasteiger partial charge in [-0.3, -0.25) is 14.6 Å². The molecule has 15 heavy (non-hydrogen) atoms. The molecule has 0 radical (unpaired) electrons. The lowest BCUT2D eigenvalue weighted by molar-refractivity contribution is 0.673. The number of rotatable bonds is 3. The molecule has 0 saturated carbocycles. The highest BCUT2D eigenvalue weighted by Gasteiger charge is 2.10. The van der Waals surface area contributed by atoms with Crippen molar-refractivity contribution in [2.24, 2.45) is 12.8 Å². The second-order valence-corrected chi connectivity index (χ2v) is 3.32. The highest BCUT2D eigenvalue weighted by Crippen LogP contribution is 2.10. The van der Waals surface area contributed by atoms with Gasteiger partial charge in [0.05, 0.1) is 17.4 Å². The Balaban J connectivity index is 2.07. The number of nitrogens with two attached hydrogens (primary N) is 1. The van der Waals surface area contributed by atoms with E-state index in [1.54, 1.807) is 23.3 Å². The maximum atomic E-state index is 5.96. The first kappa shape index (κ1) is 9.72. The monoisotopic (exact) mass is 204 g/mol. The Morgan fingerprint density at radius 1 is 1.47 bits per heavy atom. The quantitative estimate of drug-likeness (QED) is 0.751. The molecule has 2 N–H and O–H groups in total. The summed E-state index contributed by atoms with van der Waals surface area (Å²) in [5.74, 6) is 0. The van der Waals surface area contributed by atoms with Crippen LogP contribution in [0, 0.1) is 0 Å². The highest BCUT2D eigenvalue weighted by molar-refractivity contribution is 5.06. The van der Waals surface area contributed by atoms with Crippen LogP contribution in [0.25, 0.3) is 0 Å². The zero-order valence-corrected chi connectivity index (χ0v) is 8.41. The molecule has 2 heterocycles. The van der Waals surface area contributed by atoms with Gasteiger partial charge in [0, 0.05) is 38.3 Å². The van der Waals surface area contributed by atoms with E-state index in [1.165, 1.54) is 0 Å². The van der Waals surface area contributed by atoms with Crippen LogP contribution in [-0.4, -0.2) is 25.0 Å². The SMILES string of the molecule is Cn1cc(CC(N)c2cnccn2)nn1. The Morgan fingerprint density at radius 3 is 2.93 bits per heavy atom. The summed E-state index contributed by atoms with van der Waals surface area (Å²) >= 11 is 0. The van der Waals surface area contributed by atoms with Gasteiger partial charge in [0.1, 0.15) is 0 Å². The van der Waals surface area contributed by atoms with Gasteiger partial charge < -0.3 is 5.73 Å². The fourth-order valence-electron chi connectivity index (χ4n) is 1.32. The minimum Gasteiger partial charge on any atom is -0.322 e. The lowest BCUT2D eigenvalue weighted by Crippen LogP contribution is -2.15. The summed E-state index contributed by atoms with van der Waals surface area (Å²) in [6, 6.07) is -0.185. The molecule has 0 aliphatic carbocycles. The van der Waals surface area contributed by atoms with Crippen LogP contribution in [0.4, 0.5) is 0 Å². The van der Waals surface area contributed by atoms with Crippen molar-refractivity contribution in [3.63, 3.8) is 0 Å². The number of aromatic nitrogens is 5. The van der Waals surface area contributed by atoms with E-state index in [9.17, 15) is 0 Å². The summed E-state index contributed by atoms with van der Waals surface area (Å²) in [7, 11) is 1.82. The van der Waals surface area contributed by atoms with E-state index < -0.39 is 0 Å². The van der Waals surface area contributed by atoms with Gasteiger partial charge in [-0.1, -0.05) is 5.21 Å². The number of nitrogens with zero attached hydrogens (tertiary/aromatic N) is 5. The average molecular weight is 204 g/mol. The van der Waals surface area contributed by atoms with Gasteiger partial charge >= 0.3 is 0 Å². The molecule has 0 amide bonds. The number of aryl methyl sites for hydroxylation is 1. The van der Waals surface area contributed by atoms with E-state index >= 15 is 0 Å². The van der Waals surface area contributed by atoms with Crippen molar-refractivity contribution in [1.82, 2.24) is 25.0 Å². The standard InChI is InChI=1S/C9H12N6/c1-15-6-7(13-14-15)4-8(10)9-5-11-2-3-12-9/h2-3,5-6,8H,4,10H2,1H3. The Bertz CT molecular complexity index is 423. The molecule has 0 aromatic carbocycles. The predicted octanol–water partition coefficient (Wildman–Crippen LogP) is -0.152. The van der Waals surface area contributed by atoms with Gasteiger partial charge in [-0.05, 0) is 0 Å². The second-order valence-electron chi connectivity index (χ2n) is 3.32. The van der Waals surface area contributed by atoms with Crippen LogP contribution in [0.2, 0.25) is 0 Å². The van der Waals surface area contributed by atoms with Crippen molar-refractivity contribution in [1.29, 1.82) is 0 Å². The fraction of sp³-hybridized carbons (Fsp3) is 0.333. The fourth-order valence-corrected chi connectivity index (χ4v) is 1.32. The van der Waals surface area contributed by atoms with Crippen molar-refractivity contribution >= 4 is 0 Å². The lowest BCUT2D eigenvalue weighted by Gasteiger charge is -2.07. The van der Waals surface area contributed by atoms with E-state index in [2.05, 4.69) is 20.3 Å². The van der Waals surface area contributed by atoms with Crippen molar-refractivity contribution in [3.8, 4) is 0 Å². The van der Waals surface area contributed by atoms with Crippen LogP contribution < -0.4 is 5.73 Å². The molecule has 0 aliphatic rings. The first-order valence-corrected chi connectivity index (χ1v) is 4.62. The zero-order valence-electron chi connectivity index (χ0n) is 8.41. The molecular weight excluding hydrogens is 192 g/mol. The van der Waals surface area contributed by atoms with Gasteiger partial charge in [-0.15, -0.1) is 5.10 Å². The first-order valence-electron chi connectivity index (χ1n) is 4.62. The van der Waals surface area contributed by atoms with Crippen LogP contribution in [0.1, 0.15) is 17.4 Å². The Labute approximate surface area is 87.2 Å². The van der Waals surface area contributed by atoms with Crippen molar-refractivity contribution in [2.45, 2.75) is 12.5 Å². The first-order chi connectivity index (χ1) is 7.25. The van der Waals surface area contributed by atoms with Crippen LogP contribution in [0.15, 0.2) is 24.8 Å². The summed E-state index contributed by atoms with van der Waals surface area (Å²) in [6.45, 7) is 0. The normalized spacial score (nSPS) is 12.7. The van der Waals surface area contributed by atoms with Crippen molar-refractivity contribution < 1.29 is 0 Å². The van der Waals surface area contributed by atoms with Gasteiger partial charge in [0.15, 0.2) is 0 Å². The molecule has 6 heteroatoms. The van der Waals surface area contributed by atoms with Gasteiger partial charge in [-0.25, -0.2) is 0 Å². The molecule has 0 bridgehead atoms. The molecule has 0 spiro atoms. The van der Waals surface area contributed by atoms with Crippen molar-refractivity contribution in [3.05, 3.63) is 36.2 Å². The topological polar surface area (TPSA) is 82.5 Å². The van der Waals surface area contributed by atoms with Crippen molar-refractivity contribution in [2.75, 3.05) is 0 Å². The van der Waals surface area contributed by atoms with Gasteiger partial charge in [-0.2, -0.15) is 0 Å². The summed E-state index contributed by atoms with van der Waals surface area (Å²) in [6.07, 6.45) is 7.38. The molecule has 78 valence electrons. The van der Waals surface area contributed by atoms with E-state index in [0.29, 0.717) is 6.42 Å². The molecule has 1 unspecified atom stereocenters. The van der Waals surface area contributed by atoms with Crippen LogP contribution >= 0.6 is 0 Å². The third-order valence-corrected chi connectivity index (χ3v) is 2.04.